The van der Waals surface area contributed by atoms with Crippen LogP contribution in [0.3, 0.4) is 0 Å². The average Bonchev–Trinajstić information content (AvgIpc) is 2.47. The summed E-state index contributed by atoms with van der Waals surface area (Å²) in [6.45, 7) is 2.83. The van der Waals surface area contributed by atoms with Crippen LogP contribution in [-0.2, 0) is 10.0 Å². The Morgan fingerprint density at radius 2 is 2.05 bits per heavy atom. The highest BCUT2D eigenvalue weighted by molar-refractivity contribution is 7.89. The predicted octanol–water partition coefficient (Wildman–Crippen LogP) is 1.30. The molecule has 6 heteroatoms. The molecule has 1 aliphatic heterocycles. The Hall–Kier alpha value is -1.11. The molecule has 112 valence electrons. The lowest BCUT2D eigenvalue weighted by Gasteiger charge is -2.40. The minimum atomic E-state index is -3.46. The normalized spacial score (nSPS) is 21.8. The van der Waals surface area contributed by atoms with E-state index < -0.39 is 10.0 Å². The molecule has 0 saturated carbocycles. The smallest absolute Gasteiger partial charge is 0.242 e. The summed E-state index contributed by atoms with van der Waals surface area (Å²) < 4.78 is 26.7. The van der Waals surface area contributed by atoms with Crippen LogP contribution in [0, 0.1) is 0 Å². The summed E-state index contributed by atoms with van der Waals surface area (Å²) in [5.41, 5.74) is 6.83. The number of piperidine rings is 1. The largest absolute Gasteiger partial charge is 0.366 e. The first-order chi connectivity index (χ1) is 9.47. The van der Waals surface area contributed by atoms with Gasteiger partial charge in [-0.2, -0.15) is 0 Å². The maximum atomic E-state index is 12.2. The number of nitrogens with zero attached hydrogens (tertiary/aromatic N) is 1. The third-order valence-electron chi connectivity index (χ3n) is 3.89. The number of para-hydroxylation sites is 1. The standard InChI is InChI=1S/C14H23N3O2S/c1-11(15)12-7-5-6-10-17(12)13-8-3-4-9-14(13)20(18,19)16-2/h3-4,8-9,11-12,16H,5-7,10,15H2,1-2H3. The molecule has 1 aliphatic rings. The SMILES string of the molecule is CNS(=O)(=O)c1ccccc1N1CCCCC1C(C)N. The third-order valence-corrected chi connectivity index (χ3v) is 5.35. The van der Waals surface area contributed by atoms with Gasteiger partial charge in [-0.3, -0.25) is 0 Å². The number of hydrogen-bond donors (Lipinski definition) is 2. The minimum Gasteiger partial charge on any atom is -0.366 e. The third kappa shape index (κ3) is 2.97. The van der Waals surface area contributed by atoms with Gasteiger partial charge >= 0.3 is 0 Å². The molecule has 0 amide bonds. The summed E-state index contributed by atoms with van der Waals surface area (Å²) in [5, 5.41) is 0. The number of sulfonamides is 1. The number of nitrogens with two attached hydrogens (primary N) is 1. The monoisotopic (exact) mass is 297 g/mol. The topological polar surface area (TPSA) is 75.4 Å². The lowest BCUT2D eigenvalue weighted by atomic mass is 9.96. The van der Waals surface area contributed by atoms with Crippen molar-refractivity contribution < 1.29 is 8.42 Å². The molecule has 1 aromatic carbocycles. The zero-order valence-electron chi connectivity index (χ0n) is 12.0. The molecule has 2 rings (SSSR count). The van der Waals surface area contributed by atoms with Crippen LogP contribution in [-0.4, -0.2) is 34.1 Å². The van der Waals surface area contributed by atoms with Crippen molar-refractivity contribution >= 4 is 15.7 Å². The van der Waals surface area contributed by atoms with E-state index in [4.69, 9.17) is 5.73 Å². The second-order valence-corrected chi connectivity index (χ2v) is 7.15. The van der Waals surface area contributed by atoms with Crippen molar-refractivity contribution in [1.29, 1.82) is 0 Å². The highest BCUT2D eigenvalue weighted by atomic mass is 32.2. The Morgan fingerprint density at radius 1 is 1.35 bits per heavy atom. The fourth-order valence-electron chi connectivity index (χ4n) is 2.83. The molecule has 20 heavy (non-hydrogen) atoms. The van der Waals surface area contributed by atoms with Gasteiger partial charge in [-0.1, -0.05) is 12.1 Å². The van der Waals surface area contributed by atoms with Crippen LogP contribution in [0.2, 0.25) is 0 Å². The van der Waals surface area contributed by atoms with Gasteiger partial charge < -0.3 is 10.6 Å². The van der Waals surface area contributed by atoms with Gasteiger partial charge in [0.1, 0.15) is 4.90 Å². The van der Waals surface area contributed by atoms with Gasteiger partial charge in [-0.05, 0) is 45.4 Å². The lowest BCUT2D eigenvalue weighted by Crippen LogP contribution is -2.49. The summed E-state index contributed by atoms with van der Waals surface area (Å²) in [6, 6.07) is 7.34. The average molecular weight is 297 g/mol. The van der Waals surface area contributed by atoms with Gasteiger partial charge in [0.2, 0.25) is 10.0 Å². The number of nitrogens with one attached hydrogen (secondary N) is 1. The van der Waals surface area contributed by atoms with Crippen molar-refractivity contribution in [3.05, 3.63) is 24.3 Å². The fraction of sp³-hybridized carbons (Fsp3) is 0.571. The van der Waals surface area contributed by atoms with Crippen molar-refractivity contribution in [2.75, 3.05) is 18.5 Å². The molecule has 1 fully saturated rings. The Morgan fingerprint density at radius 3 is 2.70 bits per heavy atom. The molecule has 1 heterocycles. The summed E-state index contributed by atoms with van der Waals surface area (Å²) in [6.07, 6.45) is 3.21. The van der Waals surface area contributed by atoms with E-state index in [9.17, 15) is 8.42 Å². The first-order valence-corrected chi connectivity index (χ1v) is 8.50. The molecule has 5 nitrogen and oxygen atoms in total. The van der Waals surface area contributed by atoms with Crippen molar-refractivity contribution in [2.45, 2.75) is 43.2 Å². The Bertz CT molecular complexity index is 557. The van der Waals surface area contributed by atoms with Crippen LogP contribution in [0.4, 0.5) is 5.69 Å². The zero-order valence-corrected chi connectivity index (χ0v) is 12.9. The number of benzene rings is 1. The van der Waals surface area contributed by atoms with E-state index in [0.717, 1.165) is 31.5 Å². The Balaban J connectivity index is 2.46. The molecule has 1 saturated heterocycles. The van der Waals surface area contributed by atoms with Gasteiger partial charge in [0.15, 0.2) is 0 Å². The molecule has 1 aromatic rings. The summed E-state index contributed by atoms with van der Waals surface area (Å²) >= 11 is 0. The van der Waals surface area contributed by atoms with Crippen LogP contribution in [0.1, 0.15) is 26.2 Å². The highest BCUT2D eigenvalue weighted by Crippen LogP contribution is 2.31. The van der Waals surface area contributed by atoms with Crippen molar-refractivity contribution in [1.82, 2.24) is 4.72 Å². The van der Waals surface area contributed by atoms with Crippen molar-refractivity contribution in [3.63, 3.8) is 0 Å². The highest BCUT2D eigenvalue weighted by Gasteiger charge is 2.29. The molecule has 0 radical (unpaired) electrons. The lowest BCUT2D eigenvalue weighted by molar-refractivity contribution is 0.411. The maximum absolute atomic E-state index is 12.2. The molecule has 0 aromatic heterocycles. The van der Waals surface area contributed by atoms with Gasteiger partial charge in [-0.15, -0.1) is 0 Å². The molecule has 3 N–H and O–H groups in total. The van der Waals surface area contributed by atoms with Crippen LogP contribution >= 0.6 is 0 Å². The first kappa shape index (κ1) is 15.3. The van der Waals surface area contributed by atoms with E-state index in [1.54, 1.807) is 12.1 Å². The van der Waals surface area contributed by atoms with E-state index in [0.29, 0.717) is 4.90 Å². The molecular formula is C14H23N3O2S. The Labute approximate surface area is 121 Å². The van der Waals surface area contributed by atoms with E-state index in [1.807, 2.05) is 19.1 Å². The van der Waals surface area contributed by atoms with Crippen LogP contribution < -0.4 is 15.4 Å². The minimum absolute atomic E-state index is 0.0145. The van der Waals surface area contributed by atoms with Crippen LogP contribution in [0.5, 0.6) is 0 Å². The number of anilines is 1. The van der Waals surface area contributed by atoms with E-state index in [-0.39, 0.29) is 12.1 Å². The summed E-state index contributed by atoms with van der Waals surface area (Å²) in [4.78, 5) is 2.48. The first-order valence-electron chi connectivity index (χ1n) is 7.02. The zero-order chi connectivity index (χ0) is 14.8. The van der Waals surface area contributed by atoms with Crippen molar-refractivity contribution in [3.8, 4) is 0 Å². The van der Waals surface area contributed by atoms with Gasteiger partial charge in [-0.25, -0.2) is 13.1 Å². The van der Waals surface area contributed by atoms with E-state index in [1.165, 1.54) is 7.05 Å². The number of rotatable bonds is 4. The molecule has 2 atom stereocenters. The quantitative estimate of drug-likeness (QED) is 0.878. The summed E-state index contributed by atoms with van der Waals surface area (Å²) in [5.74, 6) is 0. The second-order valence-electron chi connectivity index (χ2n) is 5.29. The maximum Gasteiger partial charge on any atom is 0.242 e. The summed E-state index contributed by atoms with van der Waals surface area (Å²) in [7, 11) is -2.02. The predicted molar refractivity (Wildman–Crippen MR) is 81.3 cm³/mol. The molecular weight excluding hydrogens is 274 g/mol. The fourth-order valence-corrected chi connectivity index (χ4v) is 3.77. The van der Waals surface area contributed by atoms with Crippen LogP contribution in [0.25, 0.3) is 0 Å². The van der Waals surface area contributed by atoms with E-state index >= 15 is 0 Å². The van der Waals surface area contributed by atoms with Gasteiger partial charge in [0, 0.05) is 18.6 Å². The Kier molecular flexibility index (Phi) is 4.67. The van der Waals surface area contributed by atoms with E-state index in [2.05, 4.69) is 9.62 Å². The molecule has 0 bridgehead atoms. The van der Waals surface area contributed by atoms with Gasteiger partial charge in [0.25, 0.3) is 0 Å². The second kappa shape index (κ2) is 6.11. The van der Waals surface area contributed by atoms with Crippen LogP contribution in [0.15, 0.2) is 29.2 Å². The number of hydrogen-bond acceptors (Lipinski definition) is 4. The van der Waals surface area contributed by atoms with Gasteiger partial charge in [0.05, 0.1) is 5.69 Å². The molecule has 0 aliphatic carbocycles. The van der Waals surface area contributed by atoms with Crippen molar-refractivity contribution in [2.24, 2.45) is 5.73 Å². The molecule has 2 unspecified atom stereocenters. The molecule has 0 spiro atoms.